The second-order valence-electron chi connectivity index (χ2n) is 3.24. The molecule has 14 heavy (non-hydrogen) atoms. The summed E-state index contributed by atoms with van der Waals surface area (Å²) in [6.07, 6.45) is 0. The van der Waals surface area contributed by atoms with E-state index in [4.69, 9.17) is 0 Å². The summed E-state index contributed by atoms with van der Waals surface area (Å²) in [5, 5.41) is 0. The highest BCUT2D eigenvalue weighted by molar-refractivity contribution is 7.93. The van der Waals surface area contributed by atoms with Crippen LogP contribution < -0.4 is 0 Å². The van der Waals surface area contributed by atoms with E-state index in [9.17, 15) is 4.21 Å². The fourth-order valence-electron chi connectivity index (χ4n) is 1.22. The molecular formula is C10H17NOS2. The minimum absolute atomic E-state index is 0.637. The smallest absolute Gasteiger partial charge is 0.0869 e. The Bertz CT molecular complexity index is 415. The van der Waals surface area contributed by atoms with Gasteiger partial charge in [0.25, 0.3) is 0 Å². The Hall–Kier alpha value is -0.350. The van der Waals surface area contributed by atoms with Crippen molar-refractivity contribution in [1.82, 2.24) is 0 Å². The molecule has 0 unspecified atom stereocenters. The predicted molar refractivity (Wildman–Crippen MR) is 65.1 cm³/mol. The lowest BCUT2D eigenvalue weighted by Crippen LogP contribution is -2.04. The Morgan fingerprint density at radius 1 is 1.36 bits per heavy atom. The summed E-state index contributed by atoms with van der Waals surface area (Å²) < 4.78 is 16.5. The van der Waals surface area contributed by atoms with Crippen molar-refractivity contribution in [2.24, 2.45) is 4.36 Å². The molecule has 0 spiro atoms. The van der Waals surface area contributed by atoms with E-state index in [1.54, 1.807) is 11.3 Å². The largest absolute Gasteiger partial charge is 0.249 e. The topological polar surface area (TPSA) is 29.4 Å². The molecule has 0 aromatic carbocycles. The lowest BCUT2D eigenvalue weighted by molar-refractivity contribution is 0.678. The molecule has 4 heteroatoms. The van der Waals surface area contributed by atoms with Crippen molar-refractivity contribution in [3.8, 4) is 0 Å². The van der Waals surface area contributed by atoms with Crippen molar-refractivity contribution < 1.29 is 4.21 Å². The van der Waals surface area contributed by atoms with E-state index in [0.29, 0.717) is 11.5 Å². The normalized spacial score (nSPS) is 11.7. The Morgan fingerprint density at radius 3 is 2.29 bits per heavy atom. The molecular weight excluding hydrogens is 214 g/mol. The summed E-state index contributed by atoms with van der Waals surface area (Å²) in [5.74, 6) is 1.27. The lowest BCUT2D eigenvalue weighted by Gasteiger charge is -2.02. The summed E-state index contributed by atoms with van der Waals surface area (Å²) in [5.41, 5.74) is 0.918. The lowest BCUT2D eigenvalue weighted by atomic mass is 10.4. The molecule has 0 bridgehead atoms. The van der Waals surface area contributed by atoms with Gasteiger partial charge in [-0.15, -0.1) is 11.3 Å². The highest BCUT2D eigenvalue weighted by Gasteiger charge is 2.06. The summed E-state index contributed by atoms with van der Waals surface area (Å²) in [7, 11) is -2.00. The third-order valence-corrected chi connectivity index (χ3v) is 5.47. The molecule has 0 saturated heterocycles. The van der Waals surface area contributed by atoms with Crippen LogP contribution in [0.25, 0.3) is 0 Å². The van der Waals surface area contributed by atoms with E-state index in [2.05, 4.69) is 11.3 Å². The maximum absolute atomic E-state index is 12.1. The zero-order valence-corrected chi connectivity index (χ0v) is 10.8. The Balaban J connectivity index is 3.20. The number of thiophene rings is 1. The first kappa shape index (κ1) is 11.7. The van der Waals surface area contributed by atoms with Crippen LogP contribution in [0, 0.1) is 13.8 Å². The first-order valence-electron chi connectivity index (χ1n) is 4.80. The van der Waals surface area contributed by atoms with Crippen molar-refractivity contribution in [2.75, 3.05) is 11.5 Å². The van der Waals surface area contributed by atoms with Crippen LogP contribution in [-0.2, 0) is 9.73 Å². The van der Waals surface area contributed by atoms with Crippen molar-refractivity contribution in [3.63, 3.8) is 0 Å². The molecule has 0 radical (unpaired) electrons. The third-order valence-electron chi connectivity index (χ3n) is 2.18. The molecule has 0 atom stereocenters. The van der Waals surface area contributed by atoms with Gasteiger partial charge in [0.05, 0.1) is 15.4 Å². The minimum Gasteiger partial charge on any atom is -0.249 e. The number of aryl methyl sites for hydroxylation is 2. The van der Waals surface area contributed by atoms with Gasteiger partial charge in [-0.3, -0.25) is 0 Å². The van der Waals surface area contributed by atoms with Crippen LogP contribution in [0.2, 0.25) is 0 Å². The van der Waals surface area contributed by atoms with Crippen LogP contribution in [0.1, 0.15) is 23.6 Å². The first-order valence-corrected chi connectivity index (χ1v) is 7.47. The number of hydrogen-bond acceptors (Lipinski definition) is 3. The van der Waals surface area contributed by atoms with Crippen LogP contribution in [0.15, 0.2) is 10.4 Å². The van der Waals surface area contributed by atoms with Gasteiger partial charge in [-0.1, -0.05) is 13.8 Å². The molecule has 1 rings (SSSR count). The van der Waals surface area contributed by atoms with Gasteiger partial charge in [-0.25, -0.2) is 4.21 Å². The van der Waals surface area contributed by atoms with Crippen molar-refractivity contribution in [3.05, 3.63) is 15.8 Å². The average molecular weight is 231 g/mol. The van der Waals surface area contributed by atoms with Gasteiger partial charge >= 0.3 is 0 Å². The third kappa shape index (κ3) is 2.58. The molecule has 0 aliphatic carbocycles. The SMILES string of the molecule is CCS(=O)(CC)=Nc1cc(C)sc1C. The van der Waals surface area contributed by atoms with Crippen LogP contribution >= 0.6 is 11.3 Å². The standard InChI is InChI=1S/C10H17NOS2/c1-5-14(12,6-2)11-10-7-8(3)13-9(10)4/h7H,5-6H2,1-4H3. The summed E-state index contributed by atoms with van der Waals surface area (Å²) in [4.78, 5) is 2.40. The molecule has 0 fully saturated rings. The van der Waals surface area contributed by atoms with Gasteiger partial charge in [-0.05, 0) is 19.9 Å². The van der Waals surface area contributed by atoms with Crippen LogP contribution in [-0.4, -0.2) is 15.7 Å². The fourth-order valence-corrected chi connectivity index (χ4v) is 3.36. The molecule has 1 aromatic rings. The zero-order chi connectivity index (χ0) is 10.8. The second kappa shape index (κ2) is 4.45. The van der Waals surface area contributed by atoms with Crippen molar-refractivity contribution >= 4 is 26.8 Å². The van der Waals surface area contributed by atoms with Crippen molar-refractivity contribution in [1.29, 1.82) is 0 Å². The molecule has 0 aliphatic rings. The van der Waals surface area contributed by atoms with E-state index >= 15 is 0 Å². The van der Waals surface area contributed by atoms with E-state index < -0.39 is 9.73 Å². The molecule has 1 aromatic heterocycles. The van der Waals surface area contributed by atoms with Crippen LogP contribution in [0.5, 0.6) is 0 Å². The summed E-state index contributed by atoms with van der Waals surface area (Å²) >= 11 is 1.71. The molecule has 1 heterocycles. The average Bonchev–Trinajstić information content (AvgIpc) is 2.45. The monoisotopic (exact) mass is 231 g/mol. The zero-order valence-electron chi connectivity index (χ0n) is 9.16. The molecule has 0 saturated carbocycles. The number of hydrogen-bond donors (Lipinski definition) is 0. The van der Waals surface area contributed by atoms with Gasteiger partial charge in [0, 0.05) is 21.3 Å². The molecule has 80 valence electrons. The second-order valence-corrected chi connectivity index (χ2v) is 7.58. The molecule has 0 aliphatic heterocycles. The highest BCUT2D eigenvalue weighted by atomic mass is 32.2. The van der Waals surface area contributed by atoms with Gasteiger partial charge < -0.3 is 0 Å². The first-order chi connectivity index (χ1) is 6.50. The van der Waals surface area contributed by atoms with Crippen LogP contribution in [0.4, 0.5) is 5.69 Å². The summed E-state index contributed by atoms with van der Waals surface area (Å²) in [6, 6.07) is 2.02. The van der Waals surface area contributed by atoms with Crippen molar-refractivity contribution in [2.45, 2.75) is 27.7 Å². The van der Waals surface area contributed by atoms with Gasteiger partial charge in [-0.2, -0.15) is 4.36 Å². The van der Waals surface area contributed by atoms with E-state index in [-0.39, 0.29) is 0 Å². The molecule has 2 nitrogen and oxygen atoms in total. The minimum atomic E-state index is -2.00. The van der Waals surface area contributed by atoms with Gasteiger partial charge in [0.1, 0.15) is 0 Å². The fraction of sp³-hybridized carbons (Fsp3) is 0.600. The summed E-state index contributed by atoms with van der Waals surface area (Å²) in [6.45, 7) is 7.95. The highest BCUT2D eigenvalue weighted by Crippen LogP contribution is 2.29. The quantitative estimate of drug-likeness (QED) is 0.783. The Labute approximate surface area is 90.5 Å². The van der Waals surface area contributed by atoms with E-state index in [0.717, 1.165) is 10.6 Å². The molecule has 0 amide bonds. The van der Waals surface area contributed by atoms with E-state index in [1.165, 1.54) is 4.88 Å². The Kier molecular flexibility index (Phi) is 3.72. The predicted octanol–water partition coefficient (Wildman–Crippen LogP) is 3.50. The number of nitrogens with zero attached hydrogens (tertiary/aromatic N) is 1. The van der Waals surface area contributed by atoms with Gasteiger partial charge in [0.15, 0.2) is 0 Å². The Morgan fingerprint density at radius 2 is 1.93 bits per heavy atom. The maximum atomic E-state index is 12.1. The van der Waals surface area contributed by atoms with Gasteiger partial charge in [0.2, 0.25) is 0 Å². The maximum Gasteiger partial charge on any atom is 0.0869 e. The van der Waals surface area contributed by atoms with Crippen LogP contribution in [0.3, 0.4) is 0 Å². The number of rotatable bonds is 3. The van der Waals surface area contributed by atoms with E-state index in [1.807, 2.05) is 26.8 Å². The molecule has 0 N–H and O–H groups in total.